The van der Waals surface area contributed by atoms with Crippen LogP contribution in [0.3, 0.4) is 0 Å². The van der Waals surface area contributed by atoms with Gasteiger partial charge in [0.1, 0.15) is 0 Å². The third kappa shape index (κ3) is 6.15. The molecule has 0 nitrogen and oxygen atoms in total. The van der Waals surface area contributed by atoms with Crippen molar-refractivity contribution in [3.05, 3.63) is 48.6 Å². The summed E-state index contributed by atoms with van der Waals surface area (Å²) in [7, 11) is 0. The Morgan fingerprint density at radius 3 is 2.46 bits per heavy atom. The highest BCUT2D eigenvalue weighted by Crippen LogP contribution is 1.99. The lowest BCUT2D eigenvalue weighted by Gasteiger charge is -1.85. The molecule has 0 N–H and O–H groups in total. The molecule has 0 aromatic rings. The van der Waals surface area contributed by atoms with Crippen molar-refractivity contribution in [3.63, 3.8) is 0 Å². The lowest BCUT2D eigenvalue weighted by Crippen LogP contribution is -1.65. The highest BCUT2D eigenvalue weighted by atomic mass is 13.9. The predicted molar refractivity (Wildman–Crippen MR) is 58.3 cm³/mol. The van der Waals surface area contributed by atoms with E-state index in [0.717, 1.165) is 32.1 Å². The zero-order chi connectivity index (χ0) is 9.19. The Balaban J connectivity index is 2.38. The maximum Gasteiger partial charge on any atom is -0.0169 e. The zero-order valence-electron chi connectivity index (χ0n) is 8.08. The second-order valence-corrected chi connectivity index (χ2v) is 3.09. The van der Waals surface area contributed by atoms with Gasteiger partial charge in [-0.1, -0.05) is 42.5 Å². The SMILES string of the molecule is [C]1=CC=CCCC=CCC=CCC1. The van der Waals surface area contributed by atoms with Crippen LogP contribution in [0.25, 0.3) is 0 Å². The summed E-state index contributed by atoms with van der Waals surface area (Å²) in [5.41, 5.74) is 0. The fourth-order valence-electron chi connectivity index (χ4n) is 1.18. The van der Waals surface area contributed by atoms with Crippen LogP contribution < -0.4 is 0 Å². The molecule has 0 aliphatic heterocycles. The summed E-state index contributed by atoms with van der Waals surface area (Å²) in [6.45, 7) is 0. The number of hydrogen-bond acceptors (Lipinski definition) is 0. The van der Waals surface area contributed by atoms with Crippen molar-refractivity contribution in [3.8, 4) is 0 Å². The molecule has 0 heteroatoms. The van der Waals surface area contributed by atoms with Crippen LogP contribution in [0.1, 0.15) is 32.1 Å². The van der Waals surface area contributed by atoms with Gasteiger partial charge in [-0.2, -0.15) is 0 Å². The molecule has 1 aliphatic carbocycles. The van der Waals surface area contributed by atoms with E-state index in [1.165, 1.54) is 0 Å². The molecule has 0 bridgehead atoms. The van der Waals surface area contributed by atoms with Crippen LogP contribution in [-0.4, -0.2) is 0 Å². The Morgan fingerprint density at radius 2 is 1.54 bits per heavy atom. The number of allylic oxidation sites excluding steroid dienone is 8. The van der Waals surface area contributed by atoms with E-state index in [9.17, 15) is 0 Å². The molecule has 0 spiro atoms. The highest BCUT2D eigenvalue weighted by Gasteiger charge is 1.79. The molecule has 0 heterocycles. The fourth-order valence-corrected chi connectivity index (χ4v) is 1.18. The normalized spacial score (nSPS) is 19.1. The fraction of sp³-hybridized carbons (Fsp3) is 0.385. The summed E-state index contributed by atoms with van der Waals surface area (Å²) in [6, 6.07) is 0. The zero-order valence-corrected chi connectivity index (χ0v) is 8.08. The molecule has 0 aromatic carbocycles. The molecule has 0 atom stereocenters. The van der Waals surface area contributed by atoms with Crippen molar-refractivity contribution in [2.45, 2.75) is 32.1 Å². The molecule has 0 fully saturated rings. The lowest BCUT2D eigenvalue weighted by molar-refractivity contribution is 1.02. The van der Waals surface area contributed by atoms with Gasteiger partial charge in [-0.3, -0.25) is 0 Å². The van der Waals surface area contributed by atoms with E-state index < -0.39 is 0 Å². The summed E-state index contributed by atoms with van der Waals surface area (Å²) >= 11 is 0. The quantitative estimate of drug-likeness (QED) is 0.486. The first-order valence-electron chi connectivity index (χ1n) is 5.02. The van der Waals surface area contributed by atoms with E-state index in [0.29, 0.717) is 0 Å². The second kappa shape index (κ2) is 7.60. The summed E-state index contributed by atoms with van der Waals surface area (Å²) in [6.07, 6.45) is 24.0. The van der Waals surface area contributed by atoms with Gasteiger partial charge in [0.15, 0.2) is 0 Å². The minimum absolute atomic E-state index is 1.03. The molecular formula is C13H17. The van der Waals surface area contributed by atoms with E-state index in [1.54, 1.807) is 0 Å². The Labute approximate surface area is 81.4 Å². The average molecular weight is 173 g/mol. The largest absolute Gasteiger partial charge is 0.0879 e. The standard InChI is InChI=1S/C13H17/c1-2-4-6-8-10-12-13-11-9-7-5-3-1/h1-3,8,10-11,13H,4,6-7,9,12H2. The van der Waals surface area contributed by atoms with E-state index in [1.807, 2.05) is 6.08 Å². The number of rotatable bonds is 0. The molecule has 1 rings (SSSR count). The molecule has 0 saturated heterocycles. The second-order valence-electron chi connectivity index (χ2n) is 3.09. The lowest BCUT2D eigenvalue weighted by atomic mass is 10.2. The number of hydrogen-bond donors (Lipinski definition) is 0. The molecule has 69 valence electrons. The van der Waals surface area contributed by atoms with Crippen LogP contribution in [0.2, 0.25) is 0 Å². The van der Waals surface area contributed by atoms with Crippen LogP contribution in [0.5, 0.6) is 0 Å². The smallest absolute Gasteiger partial charge is 0.0169 e. The summed E-state index contributed by atoms with van der Waals surface area (Å²) < 4.78 is 0. The monoisotopic (exact) mass is 173 g/mol. The van der Waals surface area contributed by atoms with Gasteiger partial charge >= 0.3 is 0 Å². The van der Waals surface area contributed by atoms with E-state index in [2.05, 4.69) is 42.5 Å². The first kappa shape index (κ1) is 10.0. The van der Waals surface area contributed by atoms with Crippen molar-refractivity contribution in [1.29, 1.82) is 0 Å². The first-order valence-corrected chi connectivity index (χ1v) is 5.02. The highest BCUT2D eigenvalue weighted by molar-refractivity contribution is 5.01. The Hall–Kier alpha value is -1.04. The maximum atomic E-state index is 3.24. The third-order valence-corrected chi connectivity index (χ3v) is 1.91. The van der Waals surface area contributed by atoms with Crippen molar-refractivity contribution < 1.29 is 0 Å². The van der Waals surface area contributed by atoms with E-state index in [-0.39, 0.29) is 0 Å². The Kier molecular flexibility index (Phi) is 5.87. The van der Waals surface area contributed by atoms with Gasteiger partial charge < -0.3 is 0 Å². The van der Waals surface area contributed by atoms with Gasteiger partial charge in [-0.05, 0) is 38.2 Å². The van der Waals surface area contributed by atoms with Gasteiger partial charge in [-0.15, -0.1) is 0 Å². The molecule has 0 amide bonds. The molecule has 13 heavy (non-hydrogen) atoms. The van der Waals surface area contributed by atoms with Gasteiger partial charge in [0.2, 0.25) is 0 Å². The predicted octanol–water partition coefficient (Wildman–Crippen LogP) is 3.98. The van der Waals surface area contributed by atoms with Gasteiger partial charge in [0, 0.05) is 0 Å². The molecular weight excluding hydrogens is 156 g/mol. The van der Waals surface area contributed by atoms with Crippen LogP contribution >= 0.6 is 0 Å². The topological polar surface area (TPSA) is 0 Å². The first-order chi connectivity index (χ1) is 6.50. The minimum atomic E-state index is 1.03. The van der Waals surface area contributed by atoms with Crippen molar-refractivity contribution in [2.75, 3.05) is 0 Å². The molecule has 1 aliphatic rings. The van der Waals surface area contributed by atoms with E-state index in [4.69, 9.17) is 0 Å². The van der Waals surface area contributed by atoms with Crippen LogP contribution in [0.4, 0.5) is 0 Å². The molecule has 0 aromatic heterocycles. The van der Waals surface area contributed by atoms with Crippen molar-refractivity contribution >= 4 is 0 Å². The van der Waals surface area contributed by atoms with Crippen LogP contribution in [-0.2, 0) is 0 Å². The molecule has 0 unspecified atom stereocenters. The van der Waals surface area contributed by atoms with Gasteiger partial charge in [-0.25, -0.2) is 0 Å². The minimum Gasteiger partial charge on any atom is -0.0879 e. The van der Waals surface area contributed by atoms with Crippen LogP contribution in [0, 0.1) is 6.08 Å². The van der Waals surface area contributed by atoms with Gasteiger partial charge in [0.05, 0.1) is 0 Å². The van der Waals surface area contributed by atoms with Crippen molar-refractivity contribution in [1.82, 2.24) is 0 Å². The average Bonchev–Trinajstić information content (AvgIpc) is 2.18. The van der Waals surface area contributed by atoms with Gasteiger partial charge in [0.25, 0.3) is 0 Å². The molecule has 1 radical (unpaired) electrons. The molecule has 0 saturated carbocycles. The summed E-state index contributed by atoms with van der Waals surface area (Å²) in [5, 5.41) is 0. The summed E-state index contributed by atoms with van der Waals surface area (Å²) in [5.74, 6) is 0. The van der Waals surface area contributed by atoms with Crippen LogP contribution in [0.15, 0.2) is 42.5 Å². The maximum absolute atomic E-state index is 3.24. The third-order valence-electron chi connectivity index (χ3n) is 1.91. The Morgan fingerprint density at radius 1 is 0.769 bits per heavy atom. The Bertz CT molecular complexity index is 192. The van der Waals surface area contributed by atoms with Crippen molar-refractivity contribution in [2.24, 2.45) is 0 Å². The van der Waals surface area contributed by atoms with E-state index >= 15 is 0 Å². The summed E-state index contributed by atoms with van der Waals surface area (Å²) in [4.78, 5) is 0.